The van der Waals surface area contributed by atoms with Crippen LogP contribution in [0.25, 0.3) is 33.4 Å². The van der Waals surface area contributed by atoms with E-state index in [2.05, 4.69) is 77.7 Å². The van der Waals surface area contributed by atoms with Gasteiger partial charge in [0.25, 0.3) is 0 Å². The zero-order valence-electron chi connectivity index (χ0n) is 19.7. The topological polar surface area (TPSA) is 74.6 Å². The van der Waals surface area contributed by atoms with E-state index in [-0.39, 0.29) is 0 Å². The van der Waals surface area contributed by atoms with Crippen molar-refractivity contribution in [2.75, 3.05) is 4.90 Å². The SMILES string of the molecule is N#Cc1cc(C#N)c(-c2ccc(N3c4ccccc4-c4ccccc4-c4ccccc43)cc2)c(C#N)c1. The van der Waals surface area contributed by atoms with E-state index in [0.717, 1.165) is 33.8 Å². The maximum absolute atomic E-state index is 9.74. The molecule has 0 aliphatic carbocycles. The number of hydrogen-bond donors (Lipinski definition) is 0. The molecule has 5 aromatic rings. The van der Waals surface area contributed by atoms with Crippen molar-refractivity contribution in [3.05, 3.63) is 126 Å². The van der Waals surface area contributed by atoms with Crippen molar-refractivity contribution in [1.82, 2.24) is 0 Å². The quantitative estimate of drug-likeness (QED) is 0.256. The van der Waals surface area contributed by atoms with E-state index >= 15 is 0 Å². The van der Waals surface area contributed by atoms with E-state index in [1.54, 1.807) is 0 Å². The first-order valence-electron chi connectivity index (χ1n) is 11.8. The van der Waals surface area contributed by atoms with Crippen LogP contribution in [0.2, 0.25) is 0 Å². The summed E-state index contributed by atoms with van der Waals surface area (Å²) in [6.45, 7) is 0. The highest BCUT2D eigenvalue weighted by molar-refractivity contribution is 6.02. The van der Waals surface area contributed by atoms with E-state index in [0.29, 0.717) is 22.3 Å². The molecule has 0 bridgehead atoms. The molecule has 1 aliphatic heterocycles. The summed E-state index contributed by atoms with van der Waals surface area (Å²) in [5.41, 5.74) is 9.96. The molecule has 37 heavy (non-hydrogen) atoms. The van der Waals surface area contributed by atoms with Crippen LogP contribution in [0.1, 0.15) is 16.7 Å². The van der Waals surface area contributed by atoms with Crippen molar-refractivity contribution >= 4 is 17.1 Å². The summed E-state index contributed by atoms with van der Waals surface area (Å²) >= 11 is 0. The van der Waals surface area contributed by atoms with Crippen molar-refractivity contribution in [1.29, 1.82) is 15.8 Å². The Morgan fingerprint density at radius 3 is 1.41 bits per heavy atom. The van der Waals surface area contributed by atoms with Gasteiger partial charge in [0, 0.05) is 22.4 Å². The lowest BCUT2D eigenvalue weighted by Gasteiger charge is -2.27. The first kappa shape index (κ1) is 21.9. The fourth-order valence-electron chi connectivity index (χ4n) is 5.12. The van der Waals surface area contributed by atoms with E-state index in [1.165, 1.54) is 23.3 Å². The first-order chi connectivity index (χ1) is 18.2. The molecule has 170 valence electrons. The second-order valence-electron chi connectivity index (χ2n) is 8.74. The van der Waals surface area contributed by atoms with Gasteiger partial charge in [0.15, 0.2) is 0 Å². The molecule has 5 aromatic carbocycles. The van der Waals surface area contributed by atoms with Gasteiger partial charge >= 0.3 is 0 Å². The number of fused-ring (bicyclic) bond motifs is 5. The van der Waals surface area contributed by atoms with Gasteiger partial charge in [0.2, 0.25) is 0 Å². The van der Waals surface area contributed by atoms with Gasteiger partial charge in [-0.2, -0.15) is 15.8 Å². The fourth-order valence-corrected chi connectivity index (χ4v) is 5.12. The van der Waals surface area contributed by atoms with Gasteiger partial charge in [-0.25, -0.2) is 0 Å². The van der Waals surface area contributed by atoms with Crippen LogP contribution in [-0.4, -0.2) is 0 Å². The summed E-state index contributed by atoms with van der Waals surface area (Å²) in [7, 11) is 0. The summed E-state index contributed by atoms with van der Waals surface area (Å²) in [6, 6.07) is 42.5. The second-order valence-corrected chi connectivity index (χ2v) is 8.74. The standard InChI is InChI=1S/C33H18N4/c34-19-22-17-24(20-35)33(25(18-22)21-36)23-13-15-26(16-14-23)37-31-11-5-3-9-29(31)27-7-1-2-8-28(27)30-10-4-6-12-32(30)37/h1-18H. The van der Waals surface area contributed by atoms with Gasteiger partial charge in [-0.05, 0) is 53.1 Å². The predicted molar refractivity (Wildman–Crippen MR) is 145 cm³/mol. The molecule has 0 amide bonds. The summed E-state index contributed by atoms with van der Waals surface area (Å²) in [6.07, 6.45) is 0. The predicted octanol–water partition coefficient (Wildman–Crippen LogP) is 8.09. The minimum absolute atomic E-state index is 0.297. The molecule has 6 rings (SSSR count). The van der Waals surface area contributed by atoms with Gasteiger partial charge in [-0.15, -0.1) is 0 Å². The molecule has 0 saturated carbocycles. The van der Waals surface area contributed by atoms with Gasteiger partial charge in [0.1, 0.15) is 0 Å². The highest BCUT2D eigenvalue weighted by Crippen LogP contribution is 2.50. The Balaban J connectivity index is 1.55. The van der Waals surface area contributed by atoms with Gasteiger partial charge in [-0.1, -0.05) is 72.8 Å². The van der Waals surface area contributed by atoms with Gasteiger partial charge in [0.05, 0.1) is 46.3 Å². The van der Waals surface area contributed by atoms with Crippen LogP contribution in [0, 0.1) is 34.0 Å². The highest BCUT2D eigenvalue weighted by atomic mass is 15.1. The molecule has 0 atom stereocenters. The zero-order valence-corrected chi connectivity index (χ0v) is 19.7. The molecule has 4 heteroatoms. The van der Waals surface area contributed by atoms with Crippen LogP contribution < -0.4 is 4.90 Å². The maximum Gasteiger partial charge on any atom is 0.0999 e. The molecule has 0 aromatic heterocycles. The lowest BCUT2D eigenvalue weighted by molar-refractivity contribution is 1.29. The van der Waals surface area contributed by atoms with E-state index in [4.69, 9.17) is 0 Å². The number of anilines is 3. The number of rotatable bonds is 2. The average molecular weight is 471 g/mol. The molecule has 1 heterocycles. The third kappa shape index (κ3) is 3.52. The molecular weight excluding hydrogens is 452 g/mol. The number of nitriles is 3. The Hall–Kier alpha value is -5.63. The lowest BCUT2D eigenvalue weighted by Crippen LogP contribution is -2.10. The minimum atomic E-state index is 0.297. The second kappa shape index (κ2) is 8.86. The highest BCUT2D eigenvalue weighted by Gasteiger charge is 2.25. The largest absolute Gasteiger partial charge is 0.309 e. The van der Waals surface area contributed by atoms with Crippen LogP contribution in [0.3, 0.4) is 0 Å². The monoisotopic (exact) mass is 470 g/mol. The van der Waals surface area contributed by atoms with Gasteiger partial charge < -0.3 is 4.90 Å². The number of nitrogens with zero attached hydrogens (tertiary/aromatic N) is 4. The molecule has 0 radical (unpaired) electrons. The van der Waals surface area contributed by atoms with Crippen molar-refractivity contribution in [2.24, 2.45) is 0 Å². The maximum atomic E-state index is 9.74. The van der Waals surface area contributed by atoms with Gasteiger partial charge in [-0.3, -0.25) is 0 Å². The Morgan fingerprint density at radius 1 is 0.486 bits per heavy atom. The summed E-state index contributed by atoms with van der Waals surface area (Å²) in [5, 5.41) is 28.8. The van der Waals surface area contributed by atoms with E-state index in [9.17, 15) is 15.8 Å². The molecule has 4 nitrogen and oxygen atoms in total. The van der Waals surface area contributed by atoms with Crippen molar-refractivity contribution in [2.45, 2.75) is 0 Å². The fraction of sp³-hybridized carbons (Fsp3) is 0. The smallest absolute Gasteiger partial charge is 0.0999 e. The van der Waals surface area contributed by atoms with Crippen LogP contribution in [0.15, 0.2) is 109 Å². The first-order valence-corrected chi connectivity index (χ1v) is 11.8. The van der Waals surface area contributed by atoms with Crippen molar-refractivity contribution < 1.29 is 0 Å². The van der Waals surface area contributed by atoms with Crippen LogP contribution >= 0.6 is 0 Å². The van der Waals surface area contributed by atoms with Crippen LogP contribution in [0.5, 0.6) is 0 Å². The summed E-state index contributed by atoms with van der Waals surface area (Å²) in [4.78, 5) is 2.25. The minimum Gasteiger partial charge on any atom is -0.309 e. The van der Waals surface area contributed by atoms with Crippen LogP contribution in [-0.2, 0) is 0 Å². The Kier molecular flexibility index (Phi) is 5.24. The average Bonchev–Trinajstić information content (AvgIpc) is 3.09. The third-order valence-corrected chi connectivity index (χ3v) is 6.72. The molecule has 0 fully saturated rings. The van der Waals surface area contributed by atoms with Crippen LogP contribution in [0.4, 0.5) is 17.1 Å². The number of para-hydroxylation sites is 2. The molecule has 0 N–H and O–H groups in total. The number of benzene rings is 5. The lowest BCUT2D eigenvalue weighted by atomic mass is 9.93. The molecular formula is C33H18N4. The molecule has 0 saturated heterocycles. The molecule has 0 unspecified atom stereocenters. The Morgan fingerprint density at radius 2 is 0.946 bits per heavy atom. The molecule has 0 spiro atoms. The Labute approximate surface area is 215 Å². The summed E-state index contributed by atoms with van der Waals surface area (Å²) < 4.78 is 0. The third-order valence-electron chi connectivity index (χ3n) is 6.72. The van der Waals surface area contributed by atoms with Crippen molar-refractivity contribution in [3.8, 4) is 51.6 Å². The van der Waals surface area contributed by atoms with Crippen molar-refractivity contribution in [3.63, 3.8) is 0 Å². The Bertz CT molecular complexity index is 1710. The summed E-state index contributed by atoms with van der Waals surface area (Å²) in [5.74, 6) is 0. The zero-order chi connectivity index (χ0) is 25.4. The van der Waals surface area contributed by atoms with E-state index < -0.39 is 0 Å². The number of hydrogen-bond acceptors (Lipinski definition) is 4. The molecule has 1 aliphatic rings. The normalized spacial score (nSPS) is 11.1. The van der Waals surface area contributed by atoms with E-state index in [1.807, 2.05) is 42.5 Å².